The van der Waals surface area contributed by atoms with Crippen LogP contribution >= 0.6 is 11.6 Å². The van der Waals surface area contributed by atoms with Gasteiger partial charge < -0.3 is 9.47 Å². The fraction of sp³-hybridized carbons (Fsp3) is 0.0714. The third-order valence-corrected chi connectivity index (χ3v) is 2.67. The molecule has 20 heavy (non-hydrogen) atoms. The molecule has 2 aromatic rings. The maximum Gasteiger partial charge on any atom is 0.210 e. The summed E-state index contributed by atoms with van der Waals surface area (Å²) in [5.74, 6) is -2.56. The molecule has 0 aliphatic heterocycles. The second kappa shape index (κ2) is 5.76. The number of methoxy groups -OCH3 is 1. The van der Waals surface area contributed by atoms with Crippen molar-refractivity contribution in [2.24, 2.45) is 0 Å². The first-order valence-corrected chi connectivity index (χ1v) is 5.83. The van der Waals surface area contributed by atoms with Crippen molar-refractivity contribution >= 4 is 11.6 Å². The van der Waals surface area contributed by atoms with Crippen molar-refractivity contribution in [3.05, 3.63) is 52.6 Å². The van der Waals surface area contributed by atoms with E-state index in [9.17, 15) is 8.78 Å². The maximum atomic E-state index is 13.9. The molecular formula is C14H8ClF2NO2. The smallest absolute Gasteiger partial charge is 0.210 e. The van der Waals surface area contributed by atoms with Gasteiger partial charge >= 0.3 is 0 Å². The number of benzene rings is 2. The van der Waals surface area contributed by atoms with Gasteiger partial charge in [0.1, 0.15) is 5.75 Å². The summed E-state index contributed by atoms with van der Waals surface area (Å²) in [6, 6.07) is 8.12. The Kier molecular flexibility index (Phi) is 4.06. The SMILES string of the molecule is COc1ccc(F)c(Oc2cc(Cl)cc(C#N)c2)c1F. The minimum atomic E-state index is -0.967. The second-order valence-electron chi connectivity index (χ2n) is 3.78. The van der Waals surface area contributed by atoms with Gasteiger partial charge in [-0.2, -0.15) is 9.65 Å². The van der Waals surface area contributed by atoms with Gasteiger partial charge in [-0.15, -0.1) is 0 Å². The first kappa shape index (κ1) is 14.1. The lowest BCUT2D eigenvalue weighted by Gasteiger charge is -2.10. The van der Waals surface area contributed by atoms with Crippen molar-refractivity contribution in [3.63, 3.8) is 0 Å². The molecular weight excluding hydrogens is 288 g/mol. The summed E-state index contributed by atoms with van der Waals surface area (Å²) in [5.41, 5.74) is 0.219. The van der Waals surface area contributed by atoms with Gasteiger partial charge in [0.15, 0.2) is 11.6 Å². The molecule has 0 unspecified atom stereocenters. The fourth-order valence-electron chi connectivity index (χ4n) is 1.57. The molecule has 102 valence electrons. The van der Waals surface area contributed by atoms with Gasteiger partial charge in [-0.3, -0.25) is 0 Å². The zero-order chi connectivity index (χ0) is 14.7. The molecule has 0 saturated carbocycles. The highest BCUT2D eigenvalue weighted by atomic mass is 35.5. The highest BCUT2D eigenvalue weighted by Crippen LogP contribution is 2.34. The zero-order valence-electron chi connectivity index (χ0n) is 10.3. The summed E-state index contributed by atoms with van der Waals surface area (Å²) in [6.45, 7) is 0. The molecule has 3 nitrogen and oxygen atoms in total. The van der Waals surface area contributed by atoms with Gasteiger partial charge in [0, 0.05) is 5.02 Å². The zero-order valence-corrected chi connectivity index (χ0v) is 11.0. The monoisotopic (exact) mass is 295 g/mol. The van der Waals surface area contributed by atoms with Crippen molar-refractivity contribution in [3.8, 4) is 23.3 Å². The Labute approximate surface area is 118 Å². The largest absolute Gasteiger partial charge is 0.494 e. The highest BCUT2D eigenvalue weighted by molar-refractivity contribution is 6.30. The number of halogens is 3. The van der Waals surface area contributed by atoms with Crippen LogP contribution in [0, 0.1) is 23.0 Å². The molecule has 0 spiro atoms. The minimum absolute atomic E-state index is 0.0557. The van der Waals surface area contributed by atoms with Crippen molar-refractivity contribution in [2.45, 2.75) is 0 Å². The summed E-state index contributed by atoms with van der Waals surface area (Å²) in [6.07, 6.45) is 0. The Balaban J connectivity index is 2.45. The lowest BCUT2D eigenvalue weighted by atomic mass is 10.2. The number of nitriles is 1. The normalized spacial score (nSPS) is 9.95. The van der Waals surface area contributed by atoms with Crippen LogP contribution in [0.3, 0.4) is 0 Å². The molecule has 6 heteroatoms. The van der Waals surface area contributed by atoms with Crippen LogP contribution in [0.4, 0.5) is 8.78 Å². The lowest BCUT2D eigenvalue weighted by Crippen LogP contribution is -1.96. The number of rotatable bonds is 3. The molecule has 0 bridgehead atoms. The molecule has 0 amide bonds. The second-order valence-corrected chi connectivity index (χ2v) is 4.22. The number of hydrogen-bond donors (Lipinski definition) is 0. The van der Waals surface area contributed by atoms with Gasteiger partial charge in [-0.25, -0.2) is 4.39 Å². The van der Waals surface area contributed by atoms with E-state index in [1.165, 1.54) is 25.3 Å². The summed E-state index contributed by atoms with van der Waals surface area (Å²) >= 11 is 5.79. The first-order valence-electron chi connectivity index (χ1n) is 5.45. The Morgan fingerprint density at radius 2 is 1.95 bits per heavy atom. The van der Waals surface area contributed by atoms with Crippen LogP contribution in [0.2, 0.25) is 5.02 Å². The summed E-state index contributed by atoms with van der Waals surface area (Å²) in [4.78, 5) is 0. The van der Waals surface area contributed by atoms with Crippen LogP contribution in [0.15, 0.2) is 30.3 Å². The van der Waals surface area contributed by atoms with E-state index in [1.54, 1.807) is 0 Å². The van der Waals surface area contributed by atoms with Crippen molar-refractivity contribution in [1.29, 1.82) is 5.26 Å². The number of nitrogens with zero attached hydrogens (tertiary/aromatic N) is 1. The predicted molar refractivity (Wildman–Crippen MR) is 69.2 cm³/mol. The van der Waals surface area contributed by atoms with Crippen LogP contribution in [-0.4, -0.2) is 7.11 Å². The van der Waals surface area contributed by atoms with Gasteiger partial charge in [0.2, 0.25) is 11.6 Å². The van der Waals surface area contributed by atoms with E-state index in [1.807, 2.05) is 6.07 Å². The van der Waals surface area contributed by atoms with Crippen LogP contribution in [-0.2, 0) is 0 Å². The van der Waals surface area contributed by atoms with Crippen molar-refractivity contribution < 1.29 is 18.3 Å². The maximum absolute atomic E-state index is 13.9. The topological polar surface area (TPSA) is 42.2 Å². The molecule has 0 saturated heterocycles. The van der Waals surface area contributed by atoms with Crippen molar-refractivity contribution in [2.75, 3.05) is 7.11 Å². The van der Waals surface area contributed by atoms with Gasteiger partial charge in [0.25, 0.3) is 0 Å². The van der Waals surface area contributed by atoms with Gasteiger partial charge in [-0.05, 0) is 30.3 Å². The van der Waals surface area contributed by atoms with Gasteiger partial charge in [0.05, 0.1) is 18.7 Å². The van der Waals surface area contributed by atoms with Gasteiger partial charge in [-0.1, -0.05) is 11.6 Å². The average Bonchev–Trinajstić information content (AvgIpc) is 2.43. The van der Waals surface area contributed by atoms with E-state index in [4.69, 9.17) is 26.3 Å². The Hall–Kier alpha value is -2.32. The van der Waals surface area contributed by atoms with E-state index in [0.29, 0.717) is 0 Å². The fourth-order valence-corrected chi connectivity index (χ4v) is 1.79. The minimum Gasteiger partial charge on any atom is -0.494 e. The molecule has 2 aromatic carbocycles. The number of hydrogen-bond acceptors (Lipinski definition) is 3. The predicted octanol–water partition coefficient (Wildman–Crippen LogP) is 4.29. The summed E-state index contributed by atoms with van der Waals surface area (Å²) in [5, 5.41) is 9.04. The summed E-state index contributed by atoms with van der Waals surface area (Å²) in [7, 11) is 1.26. The lowest BCUT2D eigenvalue weighted by molar-refractivity contribution is 0.356. The first-order chi connectivity index (χ1) is 9.55. The quantitative estimate of drug-likeness (QED) is 0.848. The van der Waals surface area contributed by atoms with E-state index in [2.05, 4.69) is 0 Å². The molecule has 0 fully saturated rings. The molecule has 0 radical (unpaired) electrons. The third kappa shape index (κ3) is 2.81. The molecule has 0 aromatic heterocycles. The van der Waals surface area contributed by atoms with Crippen LogP contribution < -0.4 is 9.47 Å². The molecule has 0 aliphatic rings. The number of ether oxygens (including phenoxy) is 2. The van der Waals surface area contributed by atoms with E-state index >= 15 is 0 Å². The standard InChI is InChI=1S/C14H8ClF2NO2/c1-19-12-3-2-11(16)14(13(12)17)20-10-5-8(7-18)4-9(15)6-10/h2-6H,1H3. The Bertz CT molecular complexity index is 698. The van der Waals surface area contributed by atoms with Crippen molar-refractivity contribution in [1.82, 2.24) is 0 Å². The molecule has 0 N–H and O–H groups in total. The van der Waals surface area contributed by atoms with E-state index in [-0.39, 0.29) is 22.1 Å². The molecule has 0 aliphatic carbocycles. The average molecular weight is 296 g/mol. The molecule has 0 atom stereocenters. The van der Waals surface area contributed by atoms with E-state index < -0.39 is 17.4 Å². The Morgan fingerprint density at radius 3 is 2.60 bits per heavy atom. The highest BCUT2D eigenvalue weighted by Gasteiger charge is 2.17. The summed E-state index contributed by atoms with van der Waals surface area (Å²) < 4.78 is 37.4. The molecule has 0 heterocycles. The van der Waals surface area contributed by atoms with Crippen LogP contribution in [0.25, 0.3) is 0 Å². The third-order valence-electron chi connectivity index (χ3n) is 2.45. The van der Waals surface area contributed by atoms with E-state index in [0.717, 1.165) is 12.1 Å². The van der Waals surface area contributed by atoms with Crippen LogP contribution in [0.5, 0.6) is 17.2 Å². The Morgan fingerprint density at radius 1 is 1.20 bits per heavy atom. The van der Waals surface area contributed by atoms with Crippen LogP contribution in [0.1, 0.15) is 5.56 Å². The molecule has 2 rings (SSSR count).